The van der Waals surface area contributed by atoms with E-state index in [1.165, 1.54) is 23.1 Å². The maximum Gasteiger partial charge on any atom is 0.191 e. The molecule has 19 heavy (non-hydrogen) atoms. The number of rotatable bonds is 5. The Morgan fingerprint density at radius 2 is 2.16 bits per heavy atom. The third-order valence-corrected chi connectivity index (χ3v) is 8.40. The van der Waals surface area contributed by atoms with Crippen molar-refractivity contribution in [3.63, 3.8) is 0 Å². The van der Waals surface area contributed by atoms with Gasteiger partial charge in [-0.3, -0.25) is 4.57 Å². The molecule has 0 aromatic carbocycles. The van der Waals surface area contributed by atoms with Gasteiger partial charge in [-0.05, 0) is 29.7 Å². The second-order valence-electron chi connectivity index (χ2n) is 6.23. The van der Waals surface area contributed by atoms with E-state index in [1.807, 2.05) is 11.8 Å². The van der Waals surface area contributed by atoms with Crippen LogP contribution in [0.2, 0.25) is 19.6 Å². The van der Waals surface area contributed by atoms with Crippen LogP contribution in [0.15, 0.2) is 22.7 Å². The van der Waals surface area contributed by atoms with Gasteiger partial charge in [0.05, 0.1) is 13.0 Å². The van der Waals surface area contributed by atoms with Crippen LogP contribution >= 0.6 is 23.1 Å². The molecule has 0 N–H and O–H groups in total. The van der Waals surface area contributed by atoms with Crippen molar-refractivity contribution >= 4 is 31.2 Å². The molecule has 1 aliphatic carbocycles. The average molecular weight is 310 g/mol. The number of thiophene rings is 1. The van der Waals surface area contributed by atoms with E-state index in [9.17, 15) is 0 Å². The van der Waals surface area contributed by atoms with Crippen LogP contribution in [0.25, 0.3) is 10.7 Å². The summed E-state index contributed by atoms with van der Waals surface area (Å²) in [5.41, 5.74) is 0. The number of aromatic nitrogens is 3. The smallest absolute Gasteiger partial charge is 0.191 e. The first-order valence-electron chi connectivity index (χ1n) is 6.66. The summed E-state index contributed by atoms with van der Waals surface area (Å²) in [7, 11) is -1.05. The Labute approximate surface area is 123 Å². The van der Waals surface area contributed by atoms with E-state index in [0.717, 1.165) is 11.0 Å². The Bertz CT molecular complexity index is 553. The molecule has 0 radical (unpaired) electrons. The van der Waals surface area contributed by atoms with E-state index in [4.69, 9.17) is 0 Å². The first kappa shape index (κ1) is 13.4. The van der Waals surface area contributed by atoms with Gasteiger partial charge in [0.2, 0.25) is 0 Å². The fraction of sp³-hybridized carbons (Fsp3) is 0.538. The number of hydrogen-bond acceptors (Lipinski definition) is 4. The van der Waals surface area contributed by atoms with Crippen LogP contribution < -0.4 is 0 Å². The maximum atomic E-state index is 4.44. The van der Waals surface area contributed by atoms with Crippen LogP contribution in [-0.2, 0) is 0 Å². The molecule has 1 saturated carbocycles. The molecule has 3 nitrogen and oxygen atoms in total. The highest BCUT2D eigenvalue weighted by Crippen LogP contribution is 2.41. The highest BCUT2D eigenvalue weighted by atomic mass is 32.2. The molecule has 0 saturated heterocycles. The highest BCUT2D eigenvalue weighted by Gasteiger charge is 2.30. The summed E-state index contributed by atoms with van der Waals surface area (Å²) < 4.78 is 2.37. The van der Waals surface area contributed by atoms with Crippen LogP contribution in [0.5, 0.6) is 0 Å². The van der Waals surface area contributed by atoms with Gasteiger partial charge in [-0.2, -0.15) is 0 Å². The van der Waals surface area contributed by atoms with Crippen LogP contribution in [-0.4, -0.2) is 28.2 Å². The molecular formula is C13H19N3S2Si. The number of nitrogens with zero attached hydrogens (tertiary/aromatic N) is 3. The molecule has 102 valence electrons. The summed E-state index contributed by atoms with van der Waals surface area (Å²) in [4.78, 5) is 1.24. The van der Waals surface area contributed by atoms with Gasteiger partial charge in [-0.1, -0.05) is 37.5 Å². The Hall–Kier alpha value is -0.593. The summed E-state index contributed by atoms with van der Waals surface area (Å²) >= 11 is 3.64. The SMILES string of the molecule is C[Si](C)(C)CSc1nnc(-c2cccs2)n1C1CC1. The minimum Gasteiger partial charge on any atom is -0.298 e. The van der Waals surface area contributed by atoms with Crippen molar-refractivity contribution in [2.45, 2.75) is 43.7 Å². The van der Waals surface area contributed by atoms with Crippen molar-refractivity contribution in [2.24, 2.45) is 0 Å². The third kappa shape index (κ3) is 3.12. The van der Waals surface area contributed by atoms with Gasteiger partial charge < -0.3 is 0 Å². The molecule has 0 bridgehead atoms. The van der Waals surface area contributed by atoms with Gasteiger partial charge in [0.15, 0.2) is 11.0 Å². The molecule has 2 aromatic heterocycles. The van der Waals surface area contributed by atoms with Gasteiger partial charge in [-0.15, -0.1) is 21.5 Å². The summed E-state index contributed by atoms with van der Waals surface area (Å²) in [6, 6.07) is 4.86. The Morgan fingerprint density at radius 3 is 2.74 bits per heavy atom. The fourth-order valence-corrected chi connectivity index (χ4v) is 5.32. The van der Waals surface area contributed by atoms with Crippen LogP contribution in [0, 0.1) is 0 Å². The van der Waals surface area contributed by atoms with E-state index in [2.05, 4.69) is 51.9 Å². The van der Waals surface area contributed by atoms with Crippen molar-refractivity contribution in [2.75, 3.05) is 5.38 Å². The molecule has 0 amide bonds. The molecule has 3 rings (SSSR count). The Kier molecular flexibility index (Phi) is 3.57. The molecule has 1 aliphatic rings. The molecule has 1 fully saturated rings. The summed E-state index contributed by atoms with van der Waals surface area (Å²) in [5, 5.41) is 13.3. The second-order valence-corrected chi connectivity index (χ2v) is 14.1. The fourth-order valence-electron chi connectivity index (χ4n) is 1.89. The standard InChI is InChI=1S/C13H19N3S2Si/c1-19(2,3)9-18-13-15-14-12(11-5-4-8-17-11)16(13)10-6-7-10/h4-5,8,10H,6-7,9H2,1-3H3. The quantitative estimate of drug-likeness (QED) is 0.609. The molecule has 0 aliphatic heterocycles. The molecule has 0 unspecified atom stereocenters. The van der Waals surface area contributed by atoms with Gasteiger partial charge in [-0.25, -0.2) is 0 Å². The normalized spacial score (nSPS) is 15.9. The zero-order chi connectivity index (χ0) is 13.5. The Balaban J connectivity index is 1.89. The number of thioether (sulfide) groups is 1. The minimum absolute atomic E-state index is 0.635. The van der Waals surface area contributed by atoms with Crippen molar-refractivity contribution in [1.29, 1.82) is 0 Å². The first-order valence-corrected chi connectivity index (χ1v) is 12.2. The van der Waals surface area contributed by atoms with E-state index >= 15 is 0 Å². The van der Waals surface area contributed by atoms with Gasteiger partial charge in [0.1, 0.15) is 0 Å². The van der Waals surface area contributed by atoms with E-state index in [-0.39, 0.29) is 0 Å². The lowest BCUT2D eigenvalue weighted by Gasteiger charge is -2.15. The van der Waals surface area contributed by atoms with Crippen LogP contribution in [0.3, 0.4) is 0 Å². The lowest BCUT2D eigenvalue weighted by molar-refractivity contribution is 0.670. The first-order chi connectivity index (χ1) is 9.04. The third-order valence-electron chi connectivity index (χ3n) is 2.95. The van der Waals surface area contributed by atoms with Crippen LogP contribution in [0.4, 0.5) is 0 Å². The Morgan fingerprint density at radius 1 is 1.37 bits per heavy atom. The monoisotopic (exact) mass is 309 g/mol. The van der Waals surface area contributed by atoms with E-state index < -0.39 is 8.07 Å². The van der Waals surface area contributed by atoms with E-state index in [1.54, 1.807) is 11.3 Å². The van der Waals surface area contributed by atoms with E-state index in [0.29, 0.717) is 6.04 Å². The molecule has 2 heterocycles. The zero-order valence-corrected chi connectivity index (χ0v) is 14.2. The van der Waals surface area contributed by atoms with Crippen molar-refractivity contribution in [1.82, 2.24) is 14.8 Å². The molecule has 2 aromatic rings. The van der Waals surface area contributed by atoms with Gasteiger partial charge >= 0.3 is 0 Å². The van der Waals surface area contributed by atoms with Crippen molar-refractivity contribution < 1.29 is 0 Å². The summed E-state index contributed by atoms with van der Waals surface area (Å²) in [5.74, 6) is 1.07. The topological polar surface area (TPSA) is 30.7 Å². The minimum atomic E-state index is -1.05. The summed E-state index contributed by atoms with van der Waals surface area (Å²) in [6.07, 6.45) is 2.55. The zero-order valence-electron chi connectivity index (χ0n) is 11.6. The lowest BCUT2D eigenvalue weighted by atomic mass is 10.4. The van der Waals surface area contributed by atoms with Crippen LogP contribution in [0.1, 0.15) is 18.9 Å². The average Bonchev–Trinajstić information content (AvgIpc) is 2.90. The largest absolute Gasteiger partial charge is 0.298 e. The maximum absolute atomic E-state index is 4.44. The molecular weight excluding hydrogens is 290 g/mol. The predicted molar refractivity (Wildman–Crippen MR) is 85.7 cm³/mol. The van der Waals surface area contributed by atoms with Crippen molar-refractivity contribution in [3.05, 3.63) is 17.5 Å². The van der Waals surface area contributed by atoms with Gasteiger partial charge in [0.25, 0.3) is 0 Å². The number of hydrogen-bond donors (Lipinski definition) is 0. The molecule has 6 heteroatoms. The van der Waals surface area contributed by atoms with Crippen molar-refractivity contribution in [3.8, 4) is 10.7 Å². The lowest BCUT2D eigenvalue weighted by Crippen LogP contribution is -2.24. The molecule has 0 atom stereocenters. The summed E-state index contributed by atoms with van der Waals surface area (Å²) in [6.45, 7) is 7.20. The predicted octanol–water partition coefficient (Wildman–Crippen LogP) is 4.31. The highest BCUT2D eigenvalue weighted by molar-refractivity contribution is 8.00. The molecule has 0 spiro atoms. The second kappa shape index (κ2) is 5.07. The van der Waals surface area contributed by atoms with Gasteiger partial charge in [0, 0.05) is 6.04 Å².